The Morgan fingerprint density at radius 1 is 1.05 bits per heavy atom. The van der Waals surface area contributed by atoms with Crippen LogP contribution in [-0.2, 0) is 0 Å². The molecule has 19 heavy (non-hydrogen) atoms. The van der Waals surface area contributed by atoms with Gasteiger partial charge in [0, 0.05) is 21.1 Å². The number of nitrogens with one attached hydrogen (secondary N) is 1. The fourth-order valence-corrected chi connectivity index (χ4v) is 2.87. The van der Waals surface area contributed by atoms with Crippen molar-refractivity contribution < 1.29 is 4.74 Å². The van der Waals surface area contributed by atoms with Crippen molar-refractivity contribution >= 4 is 37.5 Å². The van der Waals surface area contributed by atoms with Crippen LogP contribution in [0.25, 0.3) is 0 Å². The predicted molar refractivity (Wildman–Crippen MR) is 86.9 cm³/mol. The first-order chi connectivity index (χ1) is 9.11. The summed E-state index contributed by atoms with van der Waals surface area (Å²) < 4.78 is 7.38. The van der Waals surface area contributed by atoms with Gasteiger partial charge in [0.1, 0.15) is 5.75 Å². The average Bonchev–Trinajstić information content (AvgIpc) is 2.41. The van der Waals surface area contributed by atoms with E-state index in [-0.39, 0.29) is 6.04 Å². The summed E-state index contributed by atoms with van der Waals surface area (Å²) in [6, 6.07) is 14.3. The number of ether oxygens (including phenoxy) is 1. The number of hydrogen-bond acceptors (Lipinski definition) is 2. The molecule has 0 saturated heterocycles. The smallest absolute Gasteiger partial charge is 0.121 e. The van der Waals surface area contributed by atoms with Crippen LogP contribution in [0.5, 0.6) is 5.75 Å². The van der Waals surface area contributed by atoms with Crippen molar-refractivity contribution in [1.82, 2.24) is 0 Å². The molecule has 0 aromatic heterocycles. The Hall–Kier alpha value is -1.00. The lowest BCUT2D eigenvalue weighted by atomic mass is 10.1. The molecule has 2 aromatic rings. The Bertz CT molecular complexity index is 572. The van der Waals surface area contributed by atoms with E-state index < -0.39 is 0 Å². The second-order valence-corrected chi connectivity index (χ2v) is 5.94. The van der Waals surface area contributed by atoms with E-state index in [9.17, 15) is 0 Å². The lowest BCUT2D eigenvalue weighted by Gasteiger charge is -2.18. The van der Waals surface area contributed by atoms with E-state index in [1.54, 1.807) is 7.11 Å². The minimum atomic E-state index is 0.194. The van der Waals surface area contributed by atoms with E-state index in [4.69, 9.17) is 4.74 Å². The molecule has 0 aliphatic heterocycles. The number of benzene rings is 2. The van der Waals surface area contributed by atoms with Crippen LogP contribution in [0, 0.1) is 0 Å². The molecule has 4 heteroatoms. The van der Waals surface area contributed by atoms with Gasteiger partial charge in [-0.1, -0.05) is 34.1 Å². The molecule has 0 bridgehead atoms. The molecule has 0 amide bonds. The van der Waals surface area contributed by atoms with E-state index in [1.165, 1.54) is 5.56 Å². The Balaban J connectivity index is 2.24. The maximum atomic E-state index is 5.25. The second-order valence-electron chi connectivity index (χ2n) is 4.23. The Morgan fingerprint density at radius 3 is 2.47 bits per heavy atom. The molecule has 100 valence electrons. The van der Waals surface area contributed by atoms with Crippen molar-refractivity contribution in [3.8, 4) is 5.75 Å². The summed E-state index contributed by atoms with van der Waals surface area (Å²) in [6.45, 7) is 2.13. The number of rotatable bonds is 4. The summed E-state index contributed by atoms with van der Waals surface area (Å²) in [4.78, 5) is 0. The van der Waals surface area contributed by atoms with Crippen LogP contribution in [-0.4, -0.2) is 7.11 Å². The molecule has 2 rings (SSSR count). The zero-order valence-corrected chi connectivity index (χ0v) is 14.0. The normalized spacial score (nSPS) is 12.0. The largest absolute Gasteiger partial charge is 0.497 e. The van der Waals surface area contributed by atoms with Crippen molar-refractivity contribution in [2.45, 2.75) is 13.0 Å². The summed E-state index contributed by atoms with van der Waals surface area (Å²) >= 11 is 7.13. The number of hydrogen-bond donors (Lipinski definition) is 1. The standard InChI is InChI=1S/C15H15Br2NO/c1-10(12-5-3-4-6-13(12)16)18-15-9-11(19-2)7-8-14(15)17/h3-10,18H,1-2H3. The Kier molecular flexibility index (Phi) is 4.88. The fourth-order valence-electron chi connectivity index (χ4n) is 1.88. The zero-order chi connectivity index (χ0) is 13.8. The number of methoxy groups -OCH3 is 1. The molecule has 0 heterocycles. The van der Waals surface area contributed by atoms with E-state index >= 15 is 0 Å². The Morgan fingerprint density at radius 2 is 1.79 bits per heavy atom. The molecule has 2 nitrogen and oxygen atoms in total. The monoisotopic (exact) mass is 383 g/mol. The molecule has 0 radical (unpaired) electrons. The van der Waals surface area contributed by atoms with Crippen molar-refractivity contribution in [2.24, 2.45) is 0 Å². The number of halogens is 2. The van der Waals surface area contributed by atoms with Crippen LogP contribution >= 0.6 is 31.9 Å². The lowest BCUT2D eigenvalue weighted by Crippen LogP contribution is -2.07. The third-order valence-electron chi connectivity index (χ3n) is 2.92. The molecule has 0 aliphatic carbocycles. The van der Waals surface area contributed by atoms with Gasteiger partial charge in [0.15, 0.2) is 0 Å². The topological polar surface area (TPSA) is 21.3 Å². The first-order valence-electron chi connectivity index (χ1n) is 5.96. The predicted octanol–water partition coefficient (Wildman–Crippen LogP) is 5.39. The molecule has 0 saturated carbocycles. The van der Waals surface area contributed by atoms with Gasteiger partial charge in [0.25, 0.3) is 0 Å². The van der Waals surface area contributed by atoms with Crippen LogP contribution in [0.2, 0.25) is 0 Å². The van der Waals surface area contributed by atoms with E-state index in [0.717, 1.165) is 20.4 Å². The van der Waals surface area contributed by atoms with Gasteiger partial charge in [-0.3, -0.25) is 0 Å². The van der Waals surface area contributed by atoms with Gasteiger partial charge in [-0.15, -0.1) is 0 Å². The first-order valence-corrected chi connectivity index (χ1v) is 7.55. The number of anilines is 1. The summed E-state index contributed by atoms with van der Waals surface area (Å²) in [6.07, 6.45) is 0. The minimum absolute atomic E-state index is 0.194. The summed E-state index contributed by atoms with van der Waals surface area (Å²) in [5.41, 5.74) is 2.24. The van der Waals surface area contributed by atoms with E-state index in [1.807, 2.05) is 36.4 Å². The highest BCUT2D eigenvalue weighted by atomic mass is 79.9. The average molecular weight is 385 g/mol. The third-order valence-corrected chi connectivity index (χ3v) is 4.33. The van der Waals surface area contributed by atoms with Crippen LogP contribution < -0.4 is 10.1 Å². The van der Waals surface area contributed by atoms with Gasteiger partial charge in [0.05, 0.1) is 12.8 Å². The van der Waals surface area contributed by atoms with Crippen LogP contribution in [0.1, 0.15) is 18.5 Å². The quantitative estimate of drug-likeness (QED) is 0.762. The highest BCUT2D eigenvalue weighted by molar-refractivity contribution is 9.11. The van der Waals surface area contributed by atoms with Gasteiger partial charge in [-0.05, 0) is 46.6 Å². The van der Waals surface area contributed by atoms with Crippen LogP contribution in [0.4, 0.5) is 5.69 Å². The minimum Gasteiger partial charge on any atom is -0.497 e. The third kappa shape index (κ3) is 3.51. The maximum absolute atomic E-state index is 5.25. The van der Waals surface area contributed by atoms with Gasteiger partial charge in [-0.25, -0.2) is 0 Å². The molecule has 0 spiro atoms. The molecule has 0 fully saturated rings. The van der Waals surface area contributed by atoms with Crippen molar-refractivity contribution in [3.63, 3.8) is 0 Å². The summed E-state index contributed by atoms with van der Waals surface area (Å²) in [5.74, 6) is 0.838. The SMILES string of the molecule is COc1ccc(Br)c(NC(C)c2ccccc2Br)c1. The Labute approximate surface area is 130 Å². The summed E-state index contributed by atoms with van der Waals surface area (Å²) in [7, 11) is 1.67. The van der Waals surface area contributed by atoms with E-state index in [0.29, 0.717) is 0 Å². The molecule has 1 unspecified atom stereocenters. The maximum Gasteiger partial charge on any atom is 0.121 e. The molecule has 0 aliphatic rings. The molecular weight excluding hydrogens is 370 g/mol. The van der Waals surface area contributed by atoms with Crippen molar-refractivity contribution in [2.75, 3.05) is 12.4 Å². The van der Waals surface area contributed by atoms with E-state index in [2.05, 4.69) is 50.2 Å². The molecule has 2 aromatic carbocycles. The molecule has 1 N–H and O–H groups in total. The van der Waals surface area contributed by atoms with Crippen molar-refractivity contribution in [3.05, 3.63) is 57.0 Å². The van der Waals surface area contributed by atoms with Gasteiger partial charge < -0.3 is 10.1 Å². The molecule has 1 atom stereocenters. The van der Waals surface area contributed by atoms with Gasteiger partial charge in [0.2, 0.25) is 0 Å². The second kappa shape index (κ2) is 6.44. The van der Waals surface area contributed by atoms with Gasteiger partial charge >= 0.3 is 0 Å². The van der Waals surface area contributed by atoms with Gasteiger partial charge in [-0.2, -0.15) is 0 Å². The van der Waals surface area contributed by atoms with Crippen LogP contribution in [0.3, 0.4) is 0 Å². The van der Waals surface area contributed by atoms with Crippen LogP contribution in [0.15, 0.2) is 51.4 Å². The highest BCUT2D eigenvalue weighted by Gasteiger charge is 2.10. The molecular formula is C15H15Br2NO. The fraction of sp³-hybridized carbons (Fsp3) is 0.200. The lowest BCUT2D eigenvalue weighted by molar-refractivity contribution is 0.415. The zero-order valence-electron chi connectivity index (χ0n) is 10.8. The van der Waals surface area contributed by atoms with Crippen molar-refractivity contribution in [1.29, 1.82) is 0 Å². The highest BCUT2D eigenvalue weighted by Crippen LogP contribution is 2.32. The summed E-state index contributed by atoms with van der Waals surface area (Å²) in [5, 5.41) is 3.49. The first kappa shape index (κ1) is 14.4.